The summed E-state index contributed by atoms with van der Waals surface area (Å²) in [5, 5.41) is 3.68. The molecule has 0 aromatic heterocycles. The molecule has 0 aromatic rings. The molecule has 118 valence electrons. The van der Waals surface area contributed by atoms with Crippen LogP contribution in [-0.2, 0) is 9.47 Å². The SMILES string of the molecule is CC1CN(CC2(CNC(C)(C)C)CCOC2)C(C)CO1. The number of ether oxygens (including phenoxy) is 2. The molecule has 2 saturated heterocycles. The van der Waals surface area contributed by atoms with Gasteiger partial charge < -0.3 is 14.8 Å². The molecule has 2 rings (SSSR count). The molecule has 4 nitrogen and oxygen atoms in total. The molecule has 0 aromatic carbocycles. The monoisotopic (exact) mass is 284 g/mol. The first-order chi connectivity index (χ1) is 9.30. The van der Waals surface area contributed by atoms with E-state index in [2.05, 4.69) is 44.8 Å². The number of nitrogens with one attached hydrogen (secondary N) is 1. The lowest BCUT2D eigenvalue weighted by atomic mass is 9.85. The Balaban J connectivity index is 1.97. The summed E-state index contributed by atoms with van der Waals surface area (Å²) in [5.74, 6) is 0. The van der Waals surface area contributed by atoms with E-state index in [0.717, 1.165) is 45.9 Å². The van der Waals surface area contributed by atoms with Gasteiger partial charge in [0.05, 0.1) is 19.3 Å². The van der Waals surface area contributed by atoms with Crippen molar-refractivity contribution in [2.75, 3.05) is 39.5 Å². The number of hydrogen-bond acceptors (Lipinski definition) is 4. The van der Waals surface area contributed by atoms with Crippen LogP contribution in [0, 0.1) is 5.41 Å². The van der Waals surface area contributed by atoms with Crippen LogP contribution in [-0.4, -0.2) is 62.0 Å². The van der Waals surface area contributed by atoms with Crippen molar-refractivity contribution in [3.05, 3.63) is 0 Å². The van der Waals surface area contributed by atoms with Crippen LogP contribution in [0.3, 0.4) is 0 Å². The van der Waals surface area contributed by atoms with E-state index in [4.69, 9.17) is 9.47 Å². The van der Waals surface area contributed by atoms with E-state index in [1.807, 2.05) is 0 Å². The first kappa shape index (κ1) is 16.2. The third-order valence-electron chi connectivity index (χ3n) is 4.45. The predicted octanol–water partition coefficient (Wildman–Crippen LogP) is 1.89. The van der Waals surface area contributed by atoms with Crippen molar-refractivity contribution in [2.45, 2.75) is 58.7 Å². The van der Waals surface area contributed by atoms with Gasteiger partial charge in [-0.2, -0.15) is 0 Å². The Morgan fingerprint density at radius 1 is 1.30 bits per heavy atom. The molecule has 3 atom stereocenters. The van der Waals surface area contributed by atoms with Gasteiger partial charge in [-0.25, -0.2) is 0 Å². The van der Waals surface area contributed by atoms with Gasteiger partial charge >= 0.3 is 0 Å². The highest BCUT2D eigenvalue weighted by molar-refractivity contribution is 4.92. The third kappa shape index (κ3) is 4.42. The van der Waals surface area contributed by atoms with Gasteiger partial charge in [0, 0.05) is 43.2 Å². The van der Waals surface area contributed by atoms with Crippen LogP contribution in [0.15, 0.2) is 0 Å². The van der Waals surface area contributed by atoms with Gasteiger partial charge in [-0.1, -0.05) is 0 Å². The Labute approximate surface area is 124 Å². The molecule has 0 saturated carbocycles. The summed E-state index contributed by atoms with van der Waals surface area (Å²) in [6, 6.07) is 0.512. The molecule has 2 heterocycles. The minimum absolute atomic E-state index is 0.166. The van der Waals surface area contributed by atoms with E-state index in [-0.39, 0.29) is 11.0 Å². The van der Waals surface area contributed by atoms with Crippen molar-refractivity contribution < 1.29 is 9.47 Å². The maximum Gasteiger partial charge on any atom is 0.0674 e. The molecule has 0 bridgehead atoms. The van der Waals surface area contributed by atoms with Crippen LogP contribution in [0.5, 0.6) is 0 Å². The summed E-state index contributed by atoms with van der Waals surface area (Å²) < 4.78 is 11.5. The molecule has 2 aliphatic rings. The molecule has 0 radical (unpaired) electrons. The predicted molar refractivity (Wildman–Crippen MR) is 82.1 cm³/mol. The highest BCUT2D eigenvalue weighted by Crippen LogP contribution is 2.31. The second-order valence-electron chi connectivity index (χ2n) is 7.83. The lowest BCUT2D eigenvalue weighted by molar-refractivity contribution is -0.0640. The van der Waals surface area contributed by atoms with Gasteiger partial charge in [0.25, 0.3) is 0 Å². The van der Waals surface area contributed by atoms with Crippen LogP contribution in [0.4, 0.5) is 0 Å². The summed E-state index contributed by atoms with van der Waals surface area (Å²) >= 11 is 0. The van der Waals surface area contributed by atoms with Crippen LogP contribution in [0.2, 0.25) is 0 Å². The van der Waals surface area contributed by atoms with Gasteiger partial charge in [-0.05, 0) is 41.0 Å². The Morgan fingerprint density at radius 2 is 2.05 bits per heavy atom. The first-order valence-corrected chi connectivity index (χ1v) is 7.98. The summed E-state index contributed by atoms with van der Waals surface area (Å²) in [5.41, 5.74) is 0.429. The van der Waals surface area contributed by atoms with Crippen molar-refractivity contribution in [1.29, 1.82) is 0 Å². The minimum atomic E-state index is 0.166. The normalized spacial score (nSPS) is 36.5. The molecule has 20 heavy (non-hydrogen) atoms. The maximum absolute atomic E-state index is 5.74. The summed E-state index contributed by atoms with van der Waals surface area (Å²) in [7, 11) is 0. The zero-order chi connectivity index (χ0) is 14.8. The quantitative estimate of drug-likeness (QED) is 0.855. The molecule has 4 heteroatoms. The number of hydrogen-bond donors (Lipinski definition) is 1. The molecule has 1 N–H and O–H groups in total. The van der Waals surface area contributed by atoms with Crippen molar-refractivity contribution in [2.24, 2.45) is 5.41 Å². The Hall–Kier alpha value is -0.160. The van der Waals surface area contributed by atoms with E-state index in [1.165, 1.54) is 0 Å². The fourth-order valence-electron chi connectivity index (χ4n) is 3.05. The van der Waals surface area contributed by atoms with Gasteiger partial charge in [0.1, 0.15) is 0 Å². The van der Waals surface area contributed by atoms with Crippen LogP contribution in [0.1, 0.15) is 41.0 Å². The Bertz CT molecular complexity index is 308. The molecule has 0 aliphatic carbocycles. The highest BCUT2D eigenvalue weighted by atomic mass is 16.5. The van der Waals surface area contributed by atoms with Crippen LogP contribution >= 0.6 is 0 Å². The second kappa shape index (κ2) is 6.30. The Morgan fingerprint density at radius 3 is 2.65 bits per heavy atom. The minimum Gasteiger partial charge on any atom is -0.381 e. The van der Waals surface area contributed by atoms with Crippen molar-refractivity contribution in [1.82, 2.24) is 10.2 Å². The standard InChI is InChI=1S/C16H32N2O2/c1-13-9-20-14(2)8-18(13)11-16(6-7-19-12-16)10-17-15(3,4)5/h13-14,17H,6-12H2,1-5H3. The van der Waals surface area contributed by atoms with Gasteiger partial charge in [-0.15, -0.1) is 0 Å². The topological polar surface area (TPSA) is 33.7 Å². The van der Waals surface area contributed by atoms with Crippen LogP contribution in [0.25, 0.3) is 0 Å². The van der Waals surface area contributed by atoms with E-state index in [9.17, 15) is 0 Å². The summed E-state index contributed by atoms with van der Waals surface area (Å²) in [4.78, 5) is 2.59. The molecule has 0 amide bonds. The fourth-order valence-corrected chi connectivity index (χ4v) is 3.05. The molecule has 2 aliphatic heterocycles. The lowest BCUT2D eigenvalue weighted by Gasteiger charge is -2.42. The molecular formula is C16H32N2O2. The number of nitrogens with zero attached hydrogens (tertiary/aromatic N) is 1. The van der Waals surface area contributed by atoms with E-state index in [1.54, 1.807) is 0 Å². The third-order valence-corrected chi connectivity index (χ3v) is 4.45. The van der Waals surface area contributed by atoms with Crippen molar-refractivity contribution in [3.8, 4) is 0 Å². The van der Waals surface area contributed by atoms with E-state index < -0.39 is 0 Å². The maximum atomic E-state index is 5.74. The average Bonchev–Trinajstić information content (AvgIpc) is 2.80. The van der Waals surface area contributed by atoms with Gasteiger partial charge in [0.15, 0.2) is 0 Å². The molecule has 2 fully saturated rings. The van der Waals surface area contributed by atoms with Crippen molar-refractivity contribution >= 4 is 0 Å². The molecule has 3 unspecified atom stereocenters. The molecular weight excluding hydrogens is 252 g/mol. The first-order valence-electron chi connectivity index (χ1n) is 7.98. The van der Waals surface area contributed by atoms with Crippen LogP contribution < -0.4 is 5.32 Å². The smallest absolute Gasteiger partial charge is 0.0674 e. The summed E-state index contributed by atoms with van der Waals surface area (Å²) in [6.45, 7) is 17.0. The number of rotatable bonds is 4. The number of morpholine rings is 1. The highest BCUT2D eigenvalue weighted by Gasteiger charge is 2.39. The van der Waals surface area contributed by atoms with Gasteiger partial charge in [-0.3, -0.25) is 4.90 Å². The van der Waals surface area contributed by atoms with Crippen molar-refractivity contribution in [3.63, 3.8) is 0 Å². The average molecular weight is 284 g/mol. The van der Waals surface area contributed by atoms with E-state index in [0.29, 0.717) is 12.1 Å². The Kier molecular flexibility index (Phi) is 5.11. The molecule has 0 spiro atoms. The van der Waals surface area contributed by atoms with E-state index >= 15 is 0 Å². The zero-order valence-corrected chi connectivity index (χ0v) is 13.9. The lowest BCUT2D eigenvalue weighted by Crippen LogP contribution is -2.55. The second-order valence-corrected chi connectivity index (χ2v) is 7.83. The summed E-state index contributed by atoms with van der Waals surface area (Å²) in [6.07, 6.45) is 1.51. The zero-order valence-electron chi connectivity index (χ0n) is 13.9. The largest absolute Gasteiger partial charge is 0.381 e. The fraction of sp³-hybridized carbons (Fsp3) is 1.00. The van der Waals surface area contributed by atoms with Gasteiger partial charge in [0.2, 0.25) is 0 Å².